The quantitative estimate of drug-likeness (QED) is 0.118. The average Bonchev–Trinajstić information content (AvgIpc) is 3.49. The van der Waals surface area contributed by atoms with E-state index in [0.29, 0.717) is 12.8 Å². The normalized spacial score (nSPS) is 19.5. The lowest BCUT2D eigenvalue weighted by atomic mass is 9.79. The van der Waals surface area contributed by atoms with Crippen LogP contribution in [0.5, 0.6) is 0 Å². The van der Waals surface area contributed by atoms with E-state index in [0.717, 1.165) is 24.8 Å². The van der Waals surface area contributed by atoms with Gasteiger partial charge in [-0.1, -0.05) is 90.8 Å². The third kappa shape index (κ3) is 10.9. The largest absolute Gasteiger partial charge is 0.459 e. The summed E-state index contributed by atoms with van der Waals surface area (Å²) in [5.41, 5.74) is 0.0612. The van der Waals surface area contributed by atoms with Crippen molar-refractivity contribution < 1.29 is 33.5 Å². The summed E-state index contributed by atoms with van der Waals surface area (Å²) in [6.45, 7) is 15.3. The fraction of sp³-hybridized carbons (Fsp3) is 0.622. The molecule has 1 saturated carbocycles. The van der Waals surface area contributed by atoms with Gasteiger partial charge in [-0.25, -0.2) is 9.59 Å². The van der Waals surface area contributed by atoms with Crippen LogP contribution in [0.25, 0.3) is 0 Å². The molecule has 1 aliphatic heterocycles. The molecule has 12 heteroatoms. The first-order valence-electron chi connectivity index (χ1n) is 17.5. The molecule has 2 aliphatic rings. The van der Waals surface area contributed by atoms with Crippen molar-refractivity contribution in [1.29, 1.82) is 0 Å². The maximum atomic E-state index is 14.3. The number of nitrogens with zero attached hydrogens (tertiary/aromatic N) is 1. The van der Waals surface area contributed by atoms with Crippen LogP contribution in [0, 0.1) is 23.2 Å². The summed E-state index contributed by atoms with van der Waals surface area (Å²) in [7, 11) is 0. The van der Waals surface area contributed by atoms with Crippen LogP contribution in [0.4, 0.5) is 4.79 Å². The standard InChI is InChI=1S/C37H55N5O7/c1-8-14-27(30(43)33(45)38-19-9-2)39-32(44)28-20-26(23(3)4)21-42(28)34(46)31(37(5,6)7)41-36(48)40-29(25-17-13-18-25)35(47)49-22-24-15-11-10-12-16-24/h9-12,15-16,23,25-29,31H,2,8,13-14,17-22H2,1,3-7H3,(H,38,45)(H,39,44)(H2,40,41,48)/t26-,27?,28+,29+,31-/m1/s1. The number of ketones is 1. The zero-order valence-corrected chi connectivity index (χ0v) is 29.9. The molecule has 2 fully saturated rings. The molecule has 1 aliphatic carbocycles. The first-order chi connectivity index (χ1) is 23.2. The van der Waals surface area contributed by atoms with Gasteiger partial charge in [0.25, 0.3) is 5.91 Å². The third-order valence-electron chi connectivity index (χ3n) is 9.48. The Labute approximate surface area is 290 Å². The Morgan fingerprint density at radius 2 is 1.67 bits per heavy atom. The molecular formula is C37H55N5O7. The zero-order chi connectivity index (χ0) is 36.3. The molecule has 0 aromatic heterocycles. The van der Waals surface area contributed by atoms with Crippen LogP contribution in [0.3, 0.4) is 0 Å². The van der Waals surface area contributed by atoms with E-state index in [4.69, 9.17) is 4.74 Å². The second kappa shape index (κ2) is 18.0. The summed E-state index contributed by atoms with van der Waals surface area (Å²) in [6.07, 6.45) is 5.10. The second-order valence-electron chi connectivity index (χ2n) is 14.6. The lowest BCUT2D eigenvalue weighted by Gasteiger charge is -2.37. The summed E-state index contributed by atoms with van der Waals surface area (Å²) >= 11 is 0. The molecule has 5 amide bonds. The first-order valence-corrected chi connectivity index (χ1v) is 17.5. The van der Waals surface area contributed by atoms with Crippen molar-refractivity contribution >= 4 is 35.5 Å². The molecule has 5 atom stereocenters. The summed E-state index contributed by atoms with van der Waals surface area (Å²) in [5, 5.41) is 10.8. The topological polar surface area (TPSA) is 163 Å². The van der Waals surface area contributed by atoms with E-state index in [9.17, 15) is 28.8 Å². The first kappa shape index (κ1) is 39.2. The predicted octanol–water partition coefficient (Wildman–Crippen LogP) is 3.64. The lowest BCUT2D eigenvalue weighted by Crippen LogP contribution is -2.61. The molecule has 1 aromatic rings. The van der Waals surface area contributed by atoms with E-state index in [2.05, 4.69) is 27.8 Å². The Bertz CT molecular complexity index is 1340. The molecule has 3 rings (SSSR count). The Morgan fingerprint density at radius 1 is 1.00 bits per heavy atom. The molecule has 1 unspecified atom stereocenters. The van der Waals surface area contributed by atoms with Crippen LogP contribution in [0.2, 0.25) is 0 Å². The van der Waals surface area contributed by atoms with Gasteiger partial charge in [0.1, 0.15) is 24.7 Å². The van der Waals surface area contributed by atoms with Gasteiger partial charge in [0, 0.05) is 13.1 Å². The van der Waals surface area contributed by atoms with Crippen molar-refractivity contribution in [1.82, 2.24) is 26.2 Å². The number of urea groups is 1. The number of amides is 5. The number of ether oxygens (including phenoxy) is 1. The highest BCUT2D eigenvalue weighted by atomic mass is 16.5. The fourth-order valence-corrected chi connectivity index (χ4v) is 6.17. The molecule has 270 valence electrons. The lowest BCUT2D eigenvalue weighted by molar-refractivity contribution is -0.149. The maximum absolute atomic E-state index is 14.3. The number of Topliss-reactive ketones (excluding diaryl/α,β-unsaturated/α-hetero) is 1. The summed E-state index contributed by atoms with van der Waals surface area (Å²) in [4.78, 5) is 81.6. The van der Waals surface area contributed by atoms with Crippen LogP contribution in [-0.4, -0.2) is 77.7 Å². The molecule has 1 heterocycles. The number of carbonyl (C=O) groups excluding carboxylic acids is 6. The van der Waals surface area contributed by atoms with E-state index in [1.807, 2.05) is 71.9 Å². The van der Waals surface area contributed by atoms with Crippen LogP contribution in [-0.2, 0) is 35.3 Å². The van der Waals surface area contributed by atoms with Crippen molar-refractivity contribution in [3.63, 3.8) is 0 Å². The van der Waals surface area contributed by atoms with Crippen LogP contribution < -0.4 is 21.3 Å². The highest BCUT2D eigenvalue weighted by molar-refractivity contribution is 6.38. The van der Waals surface area contributed by atoms with Gasteiger partial charge in [-0.2, -0.15) is 0 Å². The van der Waals surface area contributed by atoms with E-state index in [1.165, 1.54) is 11.0 Å². The summed E-state index contributed by atoms with van der Waals surface area (Å²) < 4.78 is 5.57. The molecular weight excluding hydrogens is 626 g/mol. The fourth-order valence-electron chi connectivity index (χ4n) is 6.17. The van der Waals surface area contributed by atoms with Crippen molar-refractivity contribution in [3.05, 3.63) is 48.6 Å². The minimum atomic E-state index is -1.05. The van der Waals surface area contributed by atoms with Crippen LogP contribution >= 0.6 is 0 Å². The highest BCUT2D eigenvalue weighted by Crippen LogP contribution is 2.33. The van der Waals surface area contributed by atoms with Gasteiger partial charge in [-0.05, 0) is 54.4 Å². The molecule has 4 N–H and O–H groups in total. The van der Waals surface area contributed by atoms with Crippen molar-refractivity contribution in [3.8, 4) is 0 Å². The van der Waals surface area contributed by atoms with Crippen LogP contribution in [0.15, 0.2) is 43.0 Å². The predicted molar refractivity (Wildman–Crippen MR) is 186 cm³/mol. The number of esters is 1. The number of carbonyl (C=O) groups is 6. The number of nitrogens with one attached hydrogen (secondary N) is 4. The molecule has 12 nitrogen and oxygen atoms in total. The van der Waals surface area contributed by atoms with Gasteiger partial charge in [0.2, 0.25) is 17.6 Å². The number of hydrogen-bond acceptors (Lipinski definition) is 7. The number of likely N-dealkylation sites (tertiary alicyclic amines) is 1. The molecule has 1 aromatic carbocycles. The second-order valence-corrected chi connectivity index (χ2v) is 14.6. The maximum Gasteiger partial charge on any atom is 0.329 e. The van der Waals surface area contributed by atoms with Gasteiger partial charge in [-0.3, -0.25) is 19.2 Å². The van der Waals surface area contributed by atoms with Crippen molar-refractivity contribution in [2.45, 2.75) is 111 Å². The smallest absolute Gasteiger partial charge is 0.329 e. The van der Waals surface area contributed by atoms with Gasteiger partial charge >= 0.3 is 12.0 Å². The molecule has 49 heavy (non-hydrogen) atoms. The molecule has 1 saturated heterocycles. The minimum absolute atomic E-state index is 0.00672. The Morgan fingerprint density at radius 3 is 2.22 bits per heavy atom. The Balaban J connectivity index is 1.77. The van der Waals surface area contributed by atoms with Crippen molar-refractivity contribution in [2.75, 3.05) is 13.1 Å². The monoisotopic (exact) mass is 681 g/mol. The van der Waals surface area contributed by atoms with Crippen LogP contribution in [0.1, 0.15) is 85.6 Å². The zero-order valence-electron chi connectivity index (χ0n) is 29.9. The number of rotatable bonds is 16. The summed E-state index contributed by atoms with van der Waals surface area (Å²) in [5.74, 6) is -3.01. The number of benzene rings is 1. The minimum Gasteiger partial charge on any atom is -0.459 e. The van der Waals surface area contributed by atoms with Gasteiger partial charge < -0.3 is 30.9 Å². The van der Waals surface area contributed by atoms with Gasteiger partial charge in [0.05, 0.1) is 6.04 Å². The Hall–Kier alpha value is -4.22. The van der Waals surface area contributed by atoms with Gasteiger partial charge in [-0.15, -0.1) is 6.58 Å². The van der Waals surface area contributed by atoms with Gasteiger partial charge in [0.15, 0.2) is 0 Å². The highest BCUT2D eigenvalue weighted by Gasteiger charge is 2.46. The van der Waals surface area contributed by atoms with Crippen molar-refractivity contribution in [2.24, 2.45) is 23.2 Å². The summed E-state index contributed by atoms with van der Waals surface area (Å²) in [6, 6.07) is 4.72. The number of hydrogen-bond donors (Lipinski definition) is 4. The van der Waals surface area contributed by atoms with E-state index < -0.39 is 65.1 Å². The third-order valence-corrected chi connectivity index (χ3v) is 9.48. The average molecular weight is 682 g/mol. The molecule has 0 spiro atoms. The SMILES string of the molecule is C=CCNC(=O)C(=O)C(CCC)NC(=O)[C@@H]1C[C@@H](C(C)C)CN1C(=O)[C@@H](NC(=O)N[C@H](C(=O)OCc1ccccc1)C1CCC1)C(C)(C)C. The van der Waals surface area contributed by atoms with E-state index in [-0.39, 0.29) is 43.9 Å². The Kier molecular flexibility index (Phi) is 14.4. The molecule has 0 radical (unpaired) electrons. The van der Waals surface area contributed by atoms with E-state index in [1.54, 1.807) is 0 Å². The van der Waals surface area contributed by atoms with E-state index >= 15 is 0 Å². The molecule has 0 bridgehead atoms.